The maximum Gasteiger partial charge on any atom is 0.290 e. The average molecular weight is 723 g/mol. The number of β-lactam (4-membered cyclic amide) rings is 1. The number of nitrogens with two attached hydrogens (primary N) is 1. The summed E-state index contributed by atoms with van der Waals surface area (Å²) < 4.78 is 15.2. The maximum atomic E-state index is 13.6. The number of carbonyl (C=O) groups is 5. The number of halogens is 1. The standard InChI is InChI=1S/C31H27FN8O8S2/c32-19-9-18(3-4-21(19)41)34-22(42)12-38-6-1-2-15(10-38)11-39-7-5-16(27(39)44)8-17-13-49-29-24(28(45)40(29)25(17)30(46)47)36-26(43)23(37-48)20-14-50-31(33)35-20/h1-4,6,8-10,14,24,29H,5,7,11-13H2,(H6-,33,34,35,36,37,41,42,43,46,47,48)/b16-8+/t24-,29-/m1/s1. The van der Waals surface area contributed by atoms with Gasteiger partial charge in [-0.1, -0.05) is 5.16 Å². The molecule has 0 radical (unpaired) electrons. The lowest BCUT2D eigenvalue weighted by atomic mass is 10.0. The molecular formula is C31H27FN8O8S2. The van der Waals surface area contributed by atoms with Crippen LogP contribution in [0.4, 0.5) is 15.2 Å². The van der Waals surface area contributed by atoms with E-state index in [1.54, 1.807) is 34.0 Å². The number of nitrogen functional groups attached to an aromatic ring is 1. The van der Waals surface area contributed by atoms with Gasteiger partial charge in [0.05, 0.1) is 18.2 Å². The molecule has 4 amide bonds. The van der Waals surface area contributed by atoms with Crippen molar-refractivity contribution in [1.29, 1.82) is 0 Å². The van der Waals surface area contributed by atoms with Gasteiger partial charge in [-0.2, -0.15) is 4.57 Å². The zero-order chi connectivity index (χ0) is 35.7. The van der Waals surface area contributed by atoms with Crippen molar-refractivity contribution >= 4 is 69.2 Å². The number of likely N-dealkylation sites (tertiary alicyclic amines) is 1. The van der Waals surface area contributed by atoms with Crippen LogP contribution in [0.15, 0.2) is 76.2 Å². The first-order valence-electron chi connectivity index (χ1n) is 14.8. The minimum absolute atomic E-state index is 0.00608. The number of benzene rings is 1. The van der Waals surface area contributed by atoms with Gasteiger partial charge in [0, 0.05) is 46.6 Å². The van der Waals surface area contributed by atoms with E-state index >= 15 is 0 Å². The predicted molar refractivity (Wildman–Crippen MR) is 173 cm³/mol. The molecule has 19 heteroatoms. The van der Waals surface area contributed by atoms with Crippen LogP contribution in [-0.4, -0.2) is 84.1 Å². The molecule has 5 heterocycles. The Balaban J connectivity index is 1.10. The number of phenolic OH excluding ortho intramolecular Hbond substituents is 1. The highest BCUT2D eigenvalue weighted by atomic mass is 32.2. The number of nitrogens with one attached hydrogen (secondary N) is 2. The Labute approximate surface area is 290 Å². The molecule has 258 valence electrons. The van der Waals surface area contributed by atoms with Gasteiger partial charge in [0.25, 0.3) is 17.7 Å². The highest BCUT2D eigenvalue weighted by molar-refractivity contribution is 8.00. The van der Waals surface area contributed by atoms with Gasteiger partial charge in [0.1, 0.15) is 17.1 Å². The van der Waals surface area contributed by atoms with Crippen LogP contribution in [0.5, 0.6) is 5.75 Å². The summed E-state index contributed by atoms with van der Waals surface area (Å²) in [5.41, 5.74) is 6.17. The summed E-state index contributed by atoms with van der Waals surface area (Å²) in [5.74, 6) is -5.32. The maximum absolute atomic E-state index is 13.6. The number of nitrogens with zero attached hydrogens (tertiary/aromatic N) is 5. The highest BCUT2D eigenvalue weighted by Crippen LogP contribution is 2.41. The molecule has 16 nitrogen and oxygen atoms in total. The van der Waals surface area contributed by atoms with Crippen LogP contribution in [0.25, 0.3) is 0 Å². The van der Waals surface area contributed by atoms with Crippen LogP contribution in [-0.2, 0) is 37.1 Å². The van der Waals surface area contributed by atoms with Gasteiger partial charge in [-0.25, -0.2) is 9.37 Å². The number of pyridine rings is 1. The Bertz CT molecular complexity index is 2030. The van der Waals surface area contributed by atoms with Crippen LogP contribution in [0.1, 0.15) is 17.7 Å². The van der Waals surface area contributed by atoms with Crippen molar-refractivity contribution in [2.45, 2.75) is 30.9 Å². The molecule has 0 aliphatic carbocycles. The second-order valence-corrected chi connectivity index (χ2v) is 13.3. The monoisotopic (exact) mass is 722 g/mol. The van der Waals surface area contributed by atoms with Crippen molar-refractivity contribution < 1.29 is 48.4 Å². The summed E-state index contributed by atoms with van der Waals surface area (Å²) in [6, 6.07) is 5.86. The molecule has 6 N–H and O–H groups in total. The number of aromatic nitrogens is 2. The molecule has 2 aromatic heterocycles. The van der Waals surface area contributed by atoms with Crippen LogP contribution in [0, 0.1) is 5.82 Å². The first-order valence-corrected chi connectivity index (χ1v) is 16.8. The Morgan fingerprint density at radius 2 is 2.06 bits per heavy atom. The average Bonchev–Trinajstić information content (AvgIpc) is 3.66. The minimum atomic E-state index is -1.62. The third-order valence-electron chi connectivity index (χ3n) is 7.97. The summed E-state index contributed by atoms with van der Waals surface area (Å²) >= 11 is 2.20. The smallest absolute Gasteiger partial charge is 0.290 e. The number of amides is 4. The molecule has 2 fully saturated rings. The normalized spacial score (nSPS) is 19.8. The van der Waals surface area contributed by atoms with Gasteiger partial charge in [0.2, 0.25) is 12.5 Å². The number of oxime groups is 1. The molecule has 0 bridgehead atoms. The Morgan fingerprint density at radius 1 is 1.26 bits per heavy atom. The molecule has 3 aromatic rings. The number of thiazole rings is 1. The molecule has 0 spiro atoms. The first kappa shape index (κ1) is 34.1. The van der Waals surface area contributed by atoms with E-state index in [-0.39, 0.29) is 46.8 Å². The fourth-order valence-corrected chi connectivity index (χ4v) is 7.52. The number of phenols is 1. The largest absolute Gasteiger partial charge is 0.543 e. The molecular weight excluding hydrogens is 696 g/mol. The Hall–Kier alpha value is -5.82. The molecule has 2 saturated heterocycles. The Morgan fingerprint density at radius 3 is 2.76 bits per heavy atom. The van der Waals surface area contributed by atoms with Gasteiger partial charge in [-0.3, -0.25) is 24.1 Å². The first-order chi connectivity index (χ1) is 23.9. The van der Waals surface area contributed by atoms with E-state index in [1.807, 2.05) is 0 Å². The van der Waals surface area contributed by atoms with E-state index in [4.69, 9.17) is 5.73 Å². The van der Waals surface area contributed by atoms with Gasteiger partial charge in [-0.05, 0) is 36.3 Å². The summed E-state index contributed by atoms with van der Waals surface area (Å²) in [7, 11) is 0. The second-order valence-electron chi connectivity index (χ2n) is 11.3. The van der Waals surface area contributed by atoms with Crippen LogP contribution in [0.2, 0.25) is 0 Å². The van der Waals surface area contributed by atoms with E-state index in [9.17, 15) is 43.8 Å². The molecule has 0 unspecified atom stereocenters. The SMILES string of the molecule is Nc1nc(/C(=N/O)C(=O)N[C@@H]2C(=O)N3C(C(=O)[O-])=C(/C=C4\CCN(Cc5ccc[n+](CC(=O)Nc6ccc(O)c(F)c6)c5)C4=O)CS[C@H]23)cs1. The topological polar surface area (TPSA) is 235 Å². The fraction of sp³-hybridized carbons (Fsp3) is 0.226. The fourth-order valence-electron chi connectivity index (χ4n) is 5.66. The van der Waals surface area contributed by atoms with Crippen LogP contribution in [0.3, 0.4) is 0 Å². The van der Waals surface area contributed by atoms with Crippen molar-refractivity contribution in [2.24, 2.45) is 5.16 Å². The molecule has 6 rings (SSSR count). The number of carboxylic acids is 1. The number of carboxylic acid groups (broad SMARTS) is 1. The molecule has 1 aromatic carbocycles. The van der Waals surface area contributed by atoms with E-state index in [1.165, 1.54) is 29.3 Å². The van der Waals surface area contributed by atoms with Crippen molar-refractivity contribution in [3.63, 3.8) is 0 Å². The molecule has 3 aliphatic heterocycles. The third-order valence-corrected chi connectivity index (χ3v) is 9.95. The lowest BCUT2D eigenvalue weighted by Gasteiger charge is -2.50. The van der Waals surface area contributed by atoms with Gasteiger partial charge in [0.15, 0.2) is 34.8 Å². The van der Waals surface area contributed by atoms with Crippen LogP contribution >= 0.6 is 23.1 Å². The number of anilines is 2. The number of hydrogen-bond donors (Lipinski definition) is 5. The number of allylic oxidation sites excluding steroid dienone is 1. The molecule has 3 aliphatic rings. The molecule has 2 atom stereocenters. The van der Waals surface area contributed by atoms with Crippen LogP contribution < -0.4 is 26.0 Å². The van der Waals surface area contributed by atoms with Crippen molar-refractivity contribution in [3.8, 4) is 5.75 Å². The number of fused-ring (bicyclic) bond motifs is 1. The minimum Gasteiger partial charge on any atom is -0.543 e. The zero-order valence-corrected chi connectivity index (χ0v) is 27.4. The van der Waals surface area contributed by atoms with Gasteiger partial charge in [-0.15, -0.1) is 23.1 Å². The zero-order valence-electron chi connectivity index (χ0n) is 25.7. The number of thioether (sulfide) groups is 1. The van der Waals surface area contributed by atoms with E-state index in [0.717, 1.165) is 28.4 Å². The highest BCUT2D eigenvalue weighted by Gasteiger charge is 2.53. The van der Waals surface area contributed by atoms with Gasteiger partial charge < -0.3 is 41.5 Å². The number of aliphatic carboxylic acids is 1. The van der Waals surface area contributed by atoms with E-state index in [2.05, 4.69) is 20.8 Å². The summed E-state index contributed by atoms with van der Waals surface area (Å²) in [6.07, 6.45) is 5.11. The number of rotatable bonds is 10. The number of aromatic hydroxyl groups is 1. The van der Waals surface area contributed by atoms with Crippen molar-refractivity contribution in [3.05, 3.63) is 88.1 Å². The van der Waals surface area contributed by atoms with Crippen molar-refractivity contribution in [2.75, 3.05) is 23.3 Å². The number of hydrogen-bond acceptors (Lipinski definition) is 13. The van der Waals surface area contributed by atoms with Crippen molar-refractivity contribution in [1.82, 2.24) is 20.1 Å². The lowest BCUT2D eigenvalue weighted by molar-refractivity contribution is -0.684. The lowest BCUT2D eigenvalue weighted by Crippen LogP contribution is -2.71. The molecule has 50 heavy (non-hydrogen) atoms. The van der Waals surface area contributed by atoms with E-state index in [0.29, 0.717) is 24.1 Å². The number of carbonyl (C=O) groups excluding carboxylic acids is 5. The predicted octanol–water partition coefficient (Wildman–Crippen LogP) is -0.563. The van der Waals surface area contributed by atoms with E-state index < -0.39 is 58.1 Å². The second kappa shape index (κ2) is 14.0. The molecule has 0 saturated carbocycles. The Kier molecular flexibility index (Phi) is 9.51. The third kappa shape index (κ3) is 6.85. The summed E-state index contributed by atoms with van der Waals surface area (Å²) in [6.45, 7) is 0.432. The summed E-state index contributed by atoms with van der Waals surface area (Å²) in [5, 5.41) is 39.7. The quantitative estimate of drug-likeness (QED) is 0.0338. The summed E-state index contributed by atoms with van der Waals surface area (Å²) in [4.78, 5) is 70.5. The van der Waals surface area contributed by atoms with Gasteiger partial charge >= 0.3 is 0 Å².